The van der Waals surface area contributed by atoms with Crippen LogP contribution in [0, 0.1) is 0 Å². The summed E-state index contributed by atoms with van der Waals surface area (Å²) in [5.74, 6) is 0. The van der Waals surface area contributed by atoms with Gasteiger partial charge < -0.3 is 0 Å². The van der Waals surface area contributed by atoms with Crippen LogP contribution in [0.1, 0.15) is 13.8 Å². The summed E-state index contributed by atoms with van der Waals surface area (Å²) in [6, 6.07) is 0. The zero-order valence-corrected chi connectivity index (χ0v) is 9.10. The van der Waals surface area contributed by atoms with E-state index in [9.17, 15) is 0 Å². The Hall–Kier alpha value is -0.373. The lowest BCUT2D eigenvalue weighted by molar-refractivity contribution is 0.801. The van der Waals surface area contributed by atoms with E-state index >= 15 is 0 Å². The molecule has 1 rings (SSSR count). The van der Waals surface area contributed by atoms with Gasteiger partial charge in [0.2, 0.25) is 0 Å². The fourth-order valence-electron chi connectivity index (χ4n) is 1.14. The fourth-order valence-corrected chi connectivity index (χ4v) is 2.24. The van der Waals surface area contributed by atoms with Crippen molar-refractivity contribution in [2.75, 3.05) is 0 Å². The molecule has 1 aliphatic heterocycles. The number of rotatable bonds is 1. The molecule has 1 aliphatic rings. The smallest absolute Gasteiger partial charge is 0.0816 e. The summed E-state index contributed by atoms with van der Waals surface area (Å²) in [7, 11) is -1.16. The number of allylic oxidation sites excluding steroid dienone is 1. The van der Waals surface area contributed by atoms with Crippen LogP contribution in [0.3, 0.4) is 0 Å². The Bertz CT molecular complexity index is 222. The number of hydrogen-bond donors (Lipinski definition) is 0. The van der Waals surface area contributed by atoms with Crippen LogP contribution in [0.2, 0.25) is 19.6 Å². The van der Waals surface area contributed by atoms with Crippen molar-refractivity contribution in [2.24, 2.45) is 4.99 Å². The molecule has 0 amide bonds. The molecule has 0 aliphatic carbocycles. The first-order valence-corrected chi connectivity index (χ1v) is 7.61. The first-order chi connectivity index (χ1) is 4.85. The van der Waals surface area contributed by atoms with Crippen LogP contribution in [0.25, 0.3) is 0 Å². The van der Waals surface area contributed by atoms with E-state index in [1.54, 1.807) is 0 Å². The summed E-state index contributed by atoms with van der Waals surface area (Å²) in [5, 5.41) is 0.150. The van der Waals surface area contributed by atoms with Crippen molar-refractivity contribution in [2.45, 2.75) is 38.7 Å². The molecule has 0 spiro atoms. The molecule has 0 saturated heterocycles. The SMILES string of the molecule is CC1=NC(C)([Si](C)(C)C)C=C1. The van der Waals surface area contributed by atoms with E-state index in [0.717, 1.165) is 0 Å². The summed E-state index contributed by atoms with van der Waals surface area (Å²) >= 11 is 0. The third kappa shape index (κ3) is 1.45. The Morgan fingerprint density at radius 3 is 2.09 bits per heavy atom. The normalized spacial score (nSPS) is 30.8. The first-order valence-electron chi connectivity index (χ1n) is 4.11. The second-order valence-electron chi connectivity index (χ2n) is 4.48. The van der Waals surface area contributed by atoms with Crippen LogP contribution >= 0.6 is 0 Å². The van der Waals surface area contributed by atoms with Gasteiger partial charge in [-0.2, -0.15) is 0 Å². The maximum atomic E-state index is 4.66. The van der Waals surface area contributed by atoms with E-state index in [-0.39, 0.29) is 5.16 Å². The topological polar surface area (TPSA) is 12.4 Å². The average Bonchev–Trinajstić information content (AvgIpc) is 2.10. The van der Waals surface area contributed by atoms with Crippen LogP contribution in [-0.4, -0.2) is 18.9 Å². The van der Waals surface area contributed by atoms with Gasteiger partial charge in [-0.1, -0.05) is 25.7 Å². The second kappa shape index (κ2) is 2.31. The van der Waals surface area contributed by atoms with Crippen LogP contribution < -0.4 is 0 Å². The van der Waals surface area contributed by atoms with Gasteiger partial charge in [-0.05, 0) is 19.9 Å². The molecule has 0 radical (unpaired) electrons. The summed E-state index contributed by atoms with van der Waals surface area (Å²) in [6.45, 7) is 11.4. The molecule has 62 valence electrons. The molecule has 0 aromatic heterocycles. The Balaban J connectivity index is 2.97. The van der Waals surface area contributed by atoms with Gasteiger partial charge in [0.25, 0.3) is 0 Å². The molecule has 0 aromatic rings. The zero-order valence-electron chi connectivity index (χ0n) is 8.10. The third-order valence-electron chi connectivity index (χ3n) is 2.58. The predicted octanol–water partition coefficient (Wildman–Crippen LogP) is 2.65. The largest absolute Gasteiger partial charge is 0.283 e. The molecule has 0 N–H and O–H groups in total. The first kappa shape index (κ1) is 8.72. The minimum atomic E-state index is -1.16. The van der Waals surface area contributed by atoms with E-state index in [1.165, 1.54) is 5.71 Å². The lowest BCUT2D eigenvalue weighted by Crippen LogP contribution is -2.45. The van der Waals surface area contributed by atoms with Crippen LogP contribution in [0.5, 0.6) is 0 Å². The maximum absolute atomic E-state index is 4.66. The minimum absolute atomic E-state index is 0.150. The van der Waals surface area contributed by atoms with Gasteiger partial charge in [-0.3, -0.25) is 4.99 Å². The van der Waals surface area contributed by atoms with Gasteiger partial charge in [-0.15, -0.1) is 0 Å². The van der Waals surface area contributed by atoms with Crippen molar-refractivity contribution in [1.82, 2.24) is 0 Å². The van der Waals surface area contributed by atoms with E-state index < -0.39 is 8.07 Å². The zero-order chi connectivity index (χ0) is 8.70. The standard InChI is InChI=1S/C9H17NSi/c1-8-6-7-9(2,10-8)11(3,4)5/h6-7H,1-5H3. The summed E-state index contributed by atoms with van der Waals surface area (Å²) in [5.41, 5.74) is 1.18. The highest BCUT2D eigenvalue weighted by molar-refractivity contribution is 6.80. The third-order valence-corrected chi connectivity index (χ3v) is 5.89. The van der Waals surface area contributed by atoms with E-state index in [4.69, 9.17) is 0 Å². The minimum Gasteiger partial charge on any atom is -0.283 e. The molecule has 1 heterocycles. The van der Waals surface area contributed by atoms with Crippen molar-refractivity contribution in [3.05, 3.63) is 12.2 Å². The van der Waals surface area contributed by atoms with Crippen molar-refractivity contribution < 1.29 is 0 Å². The lowest BCUT2D eigenvalue weighted by Gasteiger charge is -2.32. The monoisotopic (exact) mass is 167 g/mol. The molecular weight excluding hydrogens is 150 g/mol. The van der Waals surface area contributed by atoms with Crippen molar-refractivity contribution >= 4 is 13.8 Å². The molecule has 0 saturated carbocycles. The molecule has 1 unspecified atom stereocenters. The Morgan fingerprint density at radius 2 is 1.91 bits per heavy atom. The molecule has 1 nitrogen and oxygen atoms in total. The maximum Gasteiger partial charge on any atom is 0.0816 e. The molecule has 0 bridgehead atoms. The van der Waals surface area contributed by atoms with Crippen LogP contribution in [0.15, 0.2) is 17.1 Å². The Labute approximate surface area is 70.2 Å². The van der Waals surface area contributed by atoms with Gasteiger partial charge in [0.15, 0.2) is 0 Å². The molecule has 0 fully saturated rings. The highest BCUT2D eigenvalue weighted by Gasteiger charge is 2.38. The number of hydrogen-bond acceptors (Lipinski definition) is 1. The van der Waals surface area contributed by atoms with Crippen molar-refractivity contribution in [3.8, 4) is 0 Å². The van der Waals surface area contributed by atoms with E-state index in [2.05, 4.69) is 50.6 Å². The number of nitrogens with zero attached hydrogens (tertiary/aromatic N) is 1. The van der Waals surface area contributed by atoms with Gasteiger partial charge in [0, 0.05) is 5.71 Å². The Kier molecular flexibility index (Phi) is 1.83. The summed E-state index contributed by atoms with van der Waals surface area (Å²) in [4.78, 5) is 4.66. The van der Waals surface area contributed by atoms with Crippen LogP contribution in [-0.2, 0) is 0 Å². The van der Waals surface area contributed by atoms with Crippen molar-refractivity contribution in [3.63, 3.8) is 0 Å². The van der Waals surface area contributed by atoms with E-state index in [1.807, 2.05) is 0 Å². The van der Waals surface area contributed by atoms with Gasteiger partial charge in [-0.25, -0.2) is 0 Å². The van der Waals surface area contributed by atoms with Gasteiger partial charge in [0.1, 0.15) is 0 Å². The Morgan fingerprint density at radius 1 is 1.36 bits per heavy atom. The summed E-state index contributed by atoms with van der Waals surface area (Å²) in [6.07, 6.45) is 4.40. The highest BCUT2D eigenvalue weighted by atomic mass is 28.3. The van der Waals surface area contributed by atoms with Crippen LogP contribution in [0.4, 0.5) is 0 Å². The quantitative estimate of drug-likeness (QED) is 0.532. The fraction of sp³-hybridized carbons (Fsp3) is 0.667. The number of aliphatic imine (C=N–C) groups is 1. The van der Waals surface area contributed by atoms with E-state index in [0.29, 0.717) is 0 Å². The average molecular weight is 167 g/mol. The second-order valence-corrected chi connectivity index (χ2v) is 10.00. The summed E-state index contributed by atoms with van der Waals surface area (Å²) < 4.78 is 0. The lowest BCUT2D eigenvalue weighted by atomic mass is 10.3. The molecule has 0 aromatic carbocycles. The molecular formula is C9H17NSi. The van der Waals surface area contributed by atoms with Gasteiger partial charge in [0.05, 0.1) is 13.2 Å². The molecule has 1 atom stereocenters. The van der Waals surface area contributed by atoms with Gasteiger partial charge >= 0.3 is 0 Å². The highest BCUT2D eigenvalue weighted by Crippen LogP contribution is 2.29. The van der Waals surface area contributed by atoms with Crippen molar-refractivity contribution in [1.29, 1.82) is 0 Å². The molecule has 2 heteroatoms. The molecule has 11 heavy (non-hydrogen) atoms. The predicted molar refractivity (Wildman–Crippen MR) is 54.0 cm³/mol.